The number of piperidine rings is 1. The number of aromatic amines is 1. The Morgan fingerprint density at radius 2 is 2.22 bits per heavy atom. The molecule has 3 rings (SSSR count). The molecule has 2 heterocycles. The van der Waals surface area contributed by atoms with E-state index in [1.54, 1.807) is 6.07 Å². The van der Waals surface area contributed by atoms with E-state index in [1.807, 2.05) is 6.92 Å². The van der Waals surface area contributed by atoms with Crippen LogP contribution in [0.3, 0.4) is 0 Å². The van der Waals surface area contributed by atoms with Crippen molar-refractivity contribution in [3.8, 4) is 0 Å². The van der Waals surface area contributed by atoms with Crippen LogP contribution in [0.15, 0.2) is 18.2 Å². The number of carbonyl (C=O) groups excluding carboxylic acids is 1. The van der Waals surface area contributed by atoms with Crippen LogP contribution in [0.4, 0.5) is 4.39 Å². The highest BCUT2D eigenvalue weighted by Gasteiger charge is 2.24. The highest BCUT2D eigenvalue weighted by molar-refractivity contribution is 5.81. The maximum atomic E-state index is 13.2. The summed E-state index contributed by atoms with van der Waals surface area (Å²) in [6, 6.07) is 4.75. The standard InChI is InChI=1S/C17H22FN3O2/c1-2-23-16(22)7-10-21-8-5-12(6-9-21)17-14-4-3-13(18)11-15(14)19-20-17/h3-4,11-12H,2,5-10H2,1H3,(H,19,20). The summed E-state index contributed by atoms with van der Waals surface area (Å²) in [7, 11) is 0. The molecule has 0 amide bonds. The third-order valence-corrected chi connectivity index (χ3v) is 4.48. The van der Waals surface area contributed by atoms with Gasteiger partial charge in [0.15, 0.2) is 0 Å². The maximum absolute atomic E-state index is 13.2. The fourth-order valence-corrected chi connectivity index (χ4v) is 3.24. The summed E-state index contributed by atoms with van der Waals surface area (Å²) < 4.78 is 18.2. The number of H-pyrrole nitrogens is 1. The fraction of sp³-hybridized carbons (Fsp3) is 0.529. The number of carbonyl (C=O) groups is 1. The van der Waals surface area contributed by atoms with Crippen LogP contribution in [0.1, 0.15) is 37.8 Å². The molecule has 1 saturated heterocycles. The molecule has 0 unspecified atom stereocenters. The van der Waals surface area contributed by atoms with Gasteiger partial charge in [0.25, 0.3) is 0 Å². The zero-order valence-corrected chi connectivity index (χ0v) is 13.3. The summed E-state index contributed by atoms with van der Waals surface area (Å²) in [5, 5.41) is 8.31. The summed E-state index contributed by atoms with van der Waals surface area (Å²) in [5.74, 6) is 0.0184. The zero-order valence-electron chi connectivity index (χ0n) is 13.3. The Morgan fingerprint density at radius 3 is 2.96 bits per heavy atom. The fourth-order valence-electron chi connectivity index (χ4n) is 3.24. The van der Waals surface area contributed by atoms with Crippen molar-refractivity contribution in [1.82, 2.24) is 15.1 Å². The highest BCUT2D eigenvalue weighted by atomic mass is 19.1. The second kappa shape index (κ2) is 7.08. The monoisotopic (exact) mass is 319 g/mol. The molecule has 5 nitrogen and oxygen atoms in total. The van der Waals surface area contributed by atoms with Crippen molar-refractivity contribution in [3.05, 3.63) is 29.7 Å². The van der Waals surface area contributed by atoms with Gasteiger partial charge in [-0.3, -0.25) is 9.89 Å². The molecule has 1 aromatic heterocycles. The minimum absolute atomic E-state index is 0.129. The Bertz CT molecular complexity index is 678. The summed E-state index contributed by atoms with van der Waals surface area (Å²) >= 11 is 0. The van der Waals surface area contributed by atoms with Crippen molar-refractivity contribution in [2.45, 2.75) is 32.1 Å². The Labute approximate surface area is 134 Å². The van der Waals surface area contributed by atoms with Gasteiger partial charge in [-0.15, -0.1) is 0 Å². The molecular weight excluding hydrogens is 297 g/mol. The number of esters is 1. The second-order valence-corrected chi connectivity index (χ2v) is 5.97. The van der Waals surface area contributed by atoms with Gasteiger partial charge in [0.1, 0.15) is 5.82 Å². The summed E-state index contributed by atoms with van der Waals surface area (Å²) in [6.07, 6.45) is 2.47. The quantitative estimate of drug-likeness (QED) is 0.861. The molecule has 124 valence electrons. The number of nitrogens with zero attached hydrogens (tertiary/aromatic N) is 2. The first-order chi connectivity index (χ1) is 11.2. The molecule has 0 radical (unpaired) electrons. The number of hydrogen-bond donors (Lipinski definition) is 1. The summed E-state index contributed by atoms with van der Waals surface area (Å²) in [5.41, 5.74) is 1.79. The van der Waals surface area contributed by atoms with E-state index < -0.39 is 0 Å². The number of ether oxygens (including phenoxy) is 1. The SMILES string of the molecule is CCOC(=O)CCN1CCC(c2[nH]nc3cc(F)ccc23)CC1. The highest BCUT2D eigenvalue weighted by Crippen LogP contribution is 2.31. The first-order valence-corrected chi connectivity index (χ1v) is 8.19. The third kappa shape index (κ3) is 3.69. The number of likely N-dealkylation sites (tertiary alicyclic amines) is 1. The van der Waals surface area contributed by atoms with Gasteiger partial charge < -0.3 is 9.64 Å². The van der Waals surface area contributed by atoms with Gasteiger partial charge in [0, 0.05) is 29.6 Å². The van der Waals surface area contributed by atoms with Crippen molar-refractivity contribution in [3.63, 3.8) is 0 Å². The summed E-state index contributed by atoms with van der Waals surface area (Å²) in [6.45, 7) is 4.91. The lowest BCUT2D eigenvalue weighted by atomic mass is 9.91. The average molecular weight is 319 g/mol. The van der Waals surface area contributed by atoms with E-state index >= 15 is 0 Å². The molecule has 0 spiro atoms. The van der Waals surface area contributed by atoms with E-state index in [1.165, 1.54) is 12.1 Å². The minimum atomic E-state index is -0.260. The van der Waals surface area contributed by atoms with Crippen LogP contribution in [-0.2, 0) is 9.53 Å². The van der Waals surface area contributed by atoms with Gasteiger partial charge in [-0.05, 0) is 45.0 Å². The van der Waals surface area contributed by atoms with Gasteiger partial charge >= 0.3 is 5.97 Å². The normalized spacial score (nSPS) is 16.8. The van der Waals surface area contributed by atoms with Crippen LogP contribution in [-0.4, -0.2) is 47.3 Å². The van der Waals surface area contributed by atoms with Gasteiger partial charge in [0.05, 0.1) is 18.5 Å². The van der Waals surface area contributed by atoms with E-state index in [2.05, 4.69) is 15.1 Å². The van der Waals surface area contributed by atoms with Crippen LogP contribution in [0.2, 0.25) is 0 Å². The molecule has 0 saturated carbocycles. The van der Waals surface area contributed by atoms with Crippen molar-refractivity contribution in [1.29, 1.82) is 0 Å². The predicted molar refractivity (Wildman–Crippen MR) is 85.7 cm³/mol. The summed E-state index contributed by atoms with van der Waals surface area (Å²) in [4.78, 5) is 13.7. The molecule has 1 fully saturated rings. The molecule has 0 bridgehead atoms. The van der Waals surface area contributed by atoms with Gasteiger partial charge in [-0.1, -0.05) is 0 Å². The van der Waals surface area contributed by atoms with E-state index in [9.17, 15) is 9.18 Å². The predicted octanol–water partition coefficient (Wildman–Crippen LogP) is 2.83. The maximum Gasteiger partial charge on any atom is 0.307 e. The molecule has 23 heavy (non-hydrogen) atoms. The topological polar surface area (TPSA) is 58.2 Å². The molecule has 2 aromatic rings. The van der Waals surface area contributed by atoms with E-state index in [-0.39, 0.29) is 11.8 Å². The second-order valence-electron chi connectivity index (χ2n) is 5.97. The third-order valence-electron chi connectivity index (χ3n) is 4.48. The molecule has 1 N–H and O–H groups in total. The molecule has 6 heteroatoms. The van der Waals surface area contributed by atoms with Crippen LogP contribution in [0.5, 0.6) is 0 Å². The van der Waals surface area contributed by atoms with E-state index in [0.717, 1.165) is 43.6 Å². The lowest BCUT2D eigenvalue weighted by Gasteiger charge is -2.31. The molecule has 1 aromatic carbocycles. The molecule has 0 atom stereocenters. The van der Waals surface area contributed by atoms with Gasteiger partial charge in [-0.25, -0.2) is 4.39 Å². The lowest BCUT2D eigenvalue weighted by Crippen LogP contribution is -2.34. The van der Waals surface area contributed by atoms with Crippen LogP contribution < -0.4 is 0 Å². The number of rotatable bonds is 5. The minimum Gasteiger partial charge on any atom is -0.466 e. The number of nitrogens with one attached hydrogen (secondary N) is 1. The number of halogens is 1. The number of fused-ring (bicyclic) bond motifs is 1. The van der Waals surface area contributed by atoms with Crippen molar-refractivity contribution < 1.29 is 13.9 Å². The molecule has 1 aliphatic rings. The number of aromatic nitrogens is 2. The van der Waals surface area contributed by atoms with Crippen molar-refractivity contribution >= 4 is 16.9 Å². The molecule has 1 aliphatic heterocycles. The van der Waals surface area contributed by atoms with Gasteiger partial charge in [-0.2, -0.15) is 5.10 Å². The Kier molecular flexibility index (Phi) is 4.91. The number of benzene rings is 1. The first kappa shape index (κ1) is 15.9. The molecule has 0 aliphatic carbocycles. The zero-order chi connectivity index (χ0) is 16.2. The van der Waals surface area contributed by atoms with Gasteiger partial charge in [0.2, 0.25) is 0 Å². The van der Waals surface area contributed by atoms with Crippen LogP contribution >= 0.6 is 0 Å². The number of hydrogen-bond acceptors (Lipinski definition) is 4. The molecular formula is C17H22FN3O2. The Hall–Kier alpha value is -1.95. The Morgan fingerprint density at radius 1 is 1.43 bits per heavy atom. The largest absolute Gasteiger partial charge is 0.466 e. The first-order valence-electron chi connectivity index (χ1n) is 8.19. The van der Waals surface area contributed by atoms with Crippen LogP contribution in [0.25, 0.3) is 10.9 Å². The smallest absolute Gasteiger partial charge is 0.307 e. The van der Waals surface area contributed by atoms with Crippen molar-refractivity contribution in [2.75, 3.05) is 26.2 Å². The van der Waals surface area contributed by atoms with E-state index in [4.69, 9.17) is 4.74 Å². The van der Waals surface area contributed by atoms with Crippen molar-refractivity contribution in [2.24, 2.45) is 0 Å². The van der Waals surface area contributed by atoms with Crippen LogP contribution in [0, 0.1) is 5.82 Å². The average Bonchev–Trinajstić information content (AvgIpc) is 2.96. The lowest BCUT2D eigenvalue weighted by molar-refractivity contribution is -0.143. The Balaban J connectivity index is 1.57. The van der Waals surface area contributed by atoms with E-state index in [0.29, 0.717) is 24.5 Å².